The van der Waals surface area contributed by atoms with E-state index < -0.39 is 5.97 Å². The van der Waals surface area contributed by atoms with Crippen LogP contribution in [-0.2, 0) is 9.53 Å². The summed E-state index contributed by atoms with van der Waals surface area (Å²) >= 11 is 11.9. The maximum absolute atomic E-state index is 12.0. The van der Waals surface area contributed by atoms with E-state index in [-0.39, 0.29) is 12.3 Å². The Morgan fingerprint density at radius 3 is 2.58 bits per heavy atom. The van der Waals surface area contributed by atoms with E-state index in [1.807, 2.05) is 0 Å². The van der Waals surface area contributed by atoms with Crippen LogP contribution in [0, 0.1) is 0 Å². The summed E-state index contributed by atoms with van der Waals surface area (Å²) in [4.78, 5) is 23.7. The monoisotopic (exact) mass is 366 g/mol. The van der Waals surface area contributed by atoms with Crippen LogP contribution in [0.4, 0.5) is 11.4 Å². The number of anilines is 2. The predicted molar refractivity (Wildman–Crippen MR) is 96.0 cm³/mol. The van der Waals surface area contributed by atoms with Crippen molar-refractivity contribution in [3.8, 4) is 0 Å². The van der Waals surface area contributed by atoms with Crippen LogP contribution in [0.15, 0.2) is 42.5 Å². The van der Waals surface area contributed by atoms with E-state index in [9.17, 15) is 9.59 Å². The van der Waals surface area contributed by atoms with Crippen LogP contribution in [0.2, 0.25) is 10.0 Å². The standard InChI is InChI=1S/C17H16Cl2N2O3/c1-24-17(23)12-4-2-3-5-14(12)20-9-8-16(22)21-15-10-11(18)6-7-13(15)19/h2-7,10,20H,8-9H2,1H3,(H,21,22). The fourth-order valence-electron chi connectivity index (χ4n) is 2.04. The molecule has 2 N–H and O–H groups in total. The second-order valence-electron chi connectivity index (χ2n) is 4.89. The molecule has 0 aliphatic rings. The number of hydrogen-bond acceptors (Lipinski definition) is 4. The van der Waals surface area contributed by atoms with E-state index in [1.54, 1.807) is 42.5 Å². The zero-order chi connectivity index (χ0) is 17.5. The molecule has 0 bridgehead atoms. The first kappa shape index (κ1) is 18.1. The molecule has 2 aromatic rings. The molecule has 24 heavy (non-hydrogen) atoms. The van der Waals surface area contributed by atoms with Gasteiger partial charge in [0.25, 0.3) is 0 Å². The Bertz CT molecular complexity index is 750. The third kappa shape index (κ3) is 4.88. The topological polar surface area (TPSA) is 67.4 Å². The largest absolute Gasteiger partial charge is 0.465 e. The molecule has 7 heteroatoms. The Morgan fingerprint density at radius 1 is 1.08 bits per heavy atom. The molecule has 126 valence electrons. The van der Waals surface area contributed by atoms with Gasteiger partial charge in [-0.15, -0.1) is 0 Å². The lowest BCUT2D eigenvalue weighted by molar-refractivity contribution is -0.115. The van der Waals surface area contributed by atoms with Gasteiger partial charge in [0.05, 0.1) is 23.4 Å². The molecule has 2 aromatic carbocycles. The fourth-order valence-corrected chi connectivity index (χ4v) is 2.38. The maximum atomic E-state index is 12.0. The number of para-hydroxylation sites is 1. The van der Waals surface area contributed by atoms with Gasteiger partial charge in [0, 0.05) is 23.7 Å². The molecule has 0 radical (unpaired) electrons. The molecule has 0 unspecified atom stereocenters. The Labute approximate surface area is 149 Å². The van der Waals surface area contributed by atoms with Gasteiger partial charge in [-0.05, 0) is 30.3 Å². The van der Waals surface area contributed by atoms with Crippen molar-refractivity contribution in [2.24, 2.45) is 0 Å². The molecular weight excluding hydrogens is 351 g/mol. The van der Waals surface area contributed by atoms with Gasteiger partial charge in [0.15, 0.2) is 0 Å². The Kier molecular flexibility index (Phi) is 6.46. The number of carbonyl (C=O) groups is 2. The van der Waals surface area contributed by atoms with Gasteiger partial charge in [-0.3, -0.25) is 4.79 Å². The molecule has 0 saturated heterocycles. The molecule has 0 aliphatic heterocycles. The van der Waals surface area contributed by atoms with E-state index in [0.717, 1.165) is 0 Å². The van der Waals surface area contributed by atoms with Crippen molar-refractivity contribution in [1.82, 2.24) is 0 Å². The summed E-state index contributed by atoms with van der Waals surface area (Å²) < 4.78 is 4.72. The number of methoxy groups -OCH3 is 1. The van der Waals surface area contributed by atoms with Crippen molar-refractivity contribution in [3.63, 3.8) is 0 Å². The molecule has 0 saturated carbocycles. The normalized spacial score (nSPS) is 10.1. The summed E-state index contributed by atoms with van der Waals surface area (Å²) in [6.07, 6.45) is 0.193. The highest BCUT2D eigenvalue weighted by molar-refractivity contribution is 6.35. The molecule has 2 rings (SSSR count). The van der Waals surface area contributed by atoms with E-state index in [2.05, 4.69) is 10.6 Å². The van der Waals surface area contributed by atoms with Crippen LogP contribution < -0.4 is 10.6 Å². The minimum Gasteiger partial charge on any atom is -0.465 e. The van der Waals surface area contributed by atoms with Gasteiger partial charge in [0.2, 0.25) is 5.91 Å². The van der Waals surface area contributed by atoms with Crippen molar-refractivity contribution in [2.45, 2.75) is 6.42 Å². The number of rotatable bonds is 6. The predicted octanol–water partition coefficient (Wildman–Crippen LogP) is 4.22. The van der Waals surface area contributed by atoms with Crippen molar-refractivity contribution in [2.75, 3.05) is 24.3 Å². The summed E-state index contributed by atoms with van der Waals surface area (Å²) in [5.41, 5.74) is 1.49. The third-order valence-corrected chi connectivity index (χ3v) is 3.77. The smallest absolute Gasteiger partial charge is 0.339 e. The zero-order valence-electron chi connectivity index (χ0n) is 12.9. The second kappa shape index (κ2) is 8.57. The SMILES string of the molecule is COC(=O)c1ccccc1NCCC(=O)Nc1cc(Cl)ccc1Cl. The lowest BCUT2D eigenvalue weighted by atomic mass is 10.2. The van der Waals surface area contributed by atoms with E-state index in [0.29, 0.717) is 33.5 Å². The minimum absolute atomic E-state index is 0.193. The molecule has 0 atom stereocenters. The highest BCUT2D eigenvalue weighted by atomic mass is 35.5. The van der Waals surface area contributed by atoms with Crippen molar-refractivity contribution in [1.29, 1.82) is 0 Å². The lowest BCUT2D eigenvalue weighted by Gasteiger charge is -2.11. The Hall–Kier alpha value is -2.24. The second-order valence-corrected chi connectivity index (χ2v) is 5.73. The number of nitrogens with one attached hydrogen (secondary N) is 2. The number of carbonyl (C=O) groups excluding carboxylic acids is 2. The number of hydrogen-bond donors (Lipinski definition) is 2. The fraction of sp³-hybridized carbons (Fsp3) is 0.176. The van der Waals surface area contributed by atoms with Gasteiger partial charge in [-0.25, -0.2) is 4.79 Å². The molecule has 0 aliphatic carbocycles. The first-order chi connectivity index (χ1) is 11.5. The van der Waals surface area contributed by atoms with E-state index >= 15 is 0 Å². The summed E-state index contributed by atoms with van der Waals surface area (Å²) in [7, 11) is 1.32. The Morgan fingerprint density at radius 2 is 1.83 bits per heavy atom. The summed E-state index contributed by atoms with van der Waals surface area (Å²) in [6.45, 7) is 0.345. The van der Waals surface area contributed by atoms with Crippen molar-refractivity contribution in [3.05, 3.63) is 58.1 Å². The average molecular weight is 367 g/mol. The number of ether oxygens (including phenoxy) is 1. The van der Waals surface area contributed by atoms with Gasteiger partial charge in [-0.1, -0.05) is 35.3 Å². The number of halogens is 2. The number of benzene rings is 2. The van der Waals surface area contributed by atoms with Crippen LogP contribution in [-0.4, -0.2) is 25.5 Å². The molecular formula is C17H16Cl2N2O3. The zero-order valence-corrected chi connectivity index (χ0v) is 14.4. The van der Waals surface area contributed by atoms with Crippen LogP contribution in [0.3, 0.4) is 0 Å². The molecule has 1 amide bonds. The van der Waals surface area contributed by atoms with Gasteiger partial charge < -0.3 is 15.4 Å². The first-order valence-corrected chi connectivity index (χ1v) is 7.93. The summed E-state index contributed by atoms with van der Waals surface area (Å²) in [6, 6.07) is 11.8. The van der Waals surface area contributed by atoms with Gasteiger partial charge in [0.1, 0.15) is 0 Å². The molecule has 0 spiro atoms. The van der Waals surface area contributed by atoms with Crippen molar-refractivity contribution >= 4 is 46.5 Å². The molecule has 0 fully saturated rings. The quantitative estimate of drug-likeness (QED) is 0.751. The molecule has 5 nitrogen and oxygen atoms in total. The number of esters is 1. The highest BCUT2D eigenvalue weighted by Crippen LogP contribution is 2.25. The lowest BCUT2D eigenvalue weighted by Crippen LogP contribution is -2.17. The van der Waals surface area contributed by atoms with Crippen LogP contribution >= 0.6 is 23.2 Å². The average Bonchev–Trinajstić information content (AvgIpc) is 2.58. The molecule has 0 aromatic heterocycles. The third-order valence-electron chi connectivity index (χ3n) is 3.20. The van der Waals surface area contributed by atoms with Crippen LogP contribution in [0.1, 0.15) is 16.8 Å². The van der Waals surface area contributed by atoms with Crippen LogP contribution in [0.5, 0.6) is 0 Å². The minimum atomic E-state index is -0.437. The highest BCUT2D eigenvalue weighted by Gasteiger charge is 2.11. The maximum Gasteiger partial charge on any atom is 0.339 e. The Balaban J connectivity index is 1.91. The number of amides is 1. The summed E-state index contributed by atoms with van der Waals surface area (Å²) in [5.74, 6) is -0.657. The van der Waals surface area contributed by atoms with E-state index in [4.69, 9.17) is 27.9 Å². The van der Waals surface area contributed by atoms with Gasteiger partial charge >= 0.3 is 5.97 Å². The van der Waals surface area contributed by atoms with Gasteiger partial charge in [-0.2, -0.15) is 0 Å². The van der Waals surface area contributed by atoms with Crippen LogP contribution in [0.25, 0.3) is 0 Å². The first-order valence-electron chi connectivity index (χ1n) is 7.17. The van der Waals surface area contributed by atoms with Crippen molar-refractivity contribution < 1.29 is 14.3 Å². The van der Waals surface area contributed by atoms with E-state index in [1.165, 1.54) is 7.11 Å². The molecule has 0 heterocycles. The summed E-state index contributed by atoms with van der Waals surface area (Å²) in [5, 5.41) is 6.65.